The molecule has 1 saturated carbocycles. The Morgan fingerprint density at radius 2 is 2.00 bits per heavy atom. The maximum Gasteiger partial charge on any atom is 0.407 e. The van der Waals surface area contributed by atoms with Gasteiger partial charge in [-0.1, -0.05) is 44.2 Å². The fourth-order valence-electron chi connectivity index (χ4n) is 2.75. The van der Waals surface area contributed by atoms with Crippen molar-refractivity contribution in [1.82, 2.24) is 15.5 Å². The van der Waals surface area contributed by atoms with Gasteiger partial charge in [-0.3, -0.25) is 9.89 Å². The van der Waals surface area contributed by atoms with Crippen molar-refractivity contribution < 1.29 is 14.3 Å². The number of aromatic nitrogens is 2. The van der Waals surface area contributed by atoms with Crippen molar-refractivity contribution in [2.75, 3.05) is 5.32 Å². The maximum absolute atomic E-state index is 11.8. The number of hydrogen-bond donors (Lipinski definition) is 3. The minimum Gasteiger partial charge on any atom is -0.446 e. The average Bonchev–Trinajstić information content (AvgIpc) is 3.04. The van der Waals surface area contributed by atoms with Gasteiger partial charge in [-0.05, 0) is 18.4 Å². The number of amides is 2. The first kappa shape index (κ1) is 18.0. The van der Waals surface area contributed by atoms with Crippen LogP contribution in [0.3, 0.4) is 0 Å². The van der Waals surface area contributed by atoms with E-state index in [0.29, 0.717) is 12.4 Å². The first-order valence-corrected chi connectivity index (χ1v) is 8.86. The number of alkyl carbamates (subject to hydrolysis) is 1. The smallest absolute Gasteiger partial charge is 0.407 e. The molecular weight excluding hydrogens is 332 g/mol. The highest BCUT2D eigenvalue weighted by Gasteiger charge is 2.35. The summed E-state index contributed by atoms with van der Waals surface area (Å²) in [6.45, 7) is 4.13. The first-order valence-electron chi connectivity index (χ1n) is 8.86. The number of benzene rings is 1. The standard InChI is InChI=1S/C19H24N4O3/c1-12(2)18(24)21-17-10-16(22-23-17)14-8-15(9-14)26-19(25)20-11-13-6-4-3-5-7-13/h3-7,10,12,14-15H,8-9,11H2,1-2H3,(H,20,25)(H2,21,22,23,24)/t14-,15+. The third-order valence-corrected chi connectivity index (χ3v) is 4.45. The van der Waals surface area contributed by atoms with Crippen molar-refractivity contribution in [2.45, 2.75) is 45.3 Å². The van der Waals surface area contributed by atoms with E-state index in [0.717, 1.165) is 24.1 Å². The fraction of sp³-hybridized carbons (Fsp3) is 0.421. The van der Waals surface area contributed by atoms with E-state index in [1.807, 2.05) is 50.2 Å². The highest BCUT2D eigenvalue weighted by molar-refractivity contribution is 5.91. The Labute approximate surface area is 152 Å². The van der Waals surface area contributed by atoms with Gasteiger partial charge in [0, 0.05) is 24.4 Å². The van der Waals surface area contributed by atoms with E-state index in [9.17, 15) is 9.59 Å². The van der Waals surface area contributed by atoms with Gasteiger partial charge < -0.3 is 15.4 Å². The largest absolute Gasteiger partial charge is 0.446 e. The Hall–Kier alpha value is -2.83. The molecule has 1 fully saturated rings. The summed E-state index contributed by atoms with van der Waals surface area (Å²) in [5.41, 5.74) is 1.91. The molecule has 1 aromatic heterocycles. The van der Waals surface area contributed by atoms with Crippen LogP contribution in [0.5, 0.6) is 0 Å². The summed E-state index contributed by atoms with van der Waals surface area (Å²) in [4.78, 5) is 23.5. The molecule has 0 spiro atoms. The molecule has 1 aliphatic carbocycles. The molecule has 0 atom stereocenters. The Morgan fingerprint density at radius 3 is 2.69 bits per heavy atom. The summed E-state index contributed by atoms with van der Waals surface area (Å²) in [5.74, 6) is 0.703. The summed E-state index contributed by atoms with van der Waals surface area (Å²) >= 11 is 0. The molecule has 0 aliphatic heterocycles. The normalized spacial score (nSPS) is 18.9. The zero-order valence-electron chi connectivity index (χ0n) is 15.0. The molecule has 1 aliphatic rings. The lowest BCUT2D eigenvalue weighted by Gasteiger charge is -2.33. The number of carbonyl (C=O) groups is 2. The zero-order valence-corrected chi connectivity index (χ0v) is 15.0. The Morgan fingerprint density at radius 1 is 1.27 bits per heavy atom. The topological polar surface area (TPSA) is 96.1 Å². The molecule has 2 aromatic rings. The number of carbonyl (C=O) groups excluding carboxylic acids is 2. The third-order valence-electron chi connectivity index (χ3n) is 4.45. The second-order valence-electron chi connectivity index (χ2n) is 6.89. The predicted molar refractivity (Wildman–Crippen MR) is 97.6 cm³/mol. The molecule has 3 rings (SSSR count). The third kappa shape index (κ3) is 4.62. The van der Waals surface area contributed by atoms with E-state index >= 15 is 0 Å². The van der Waals surface area contributed by atoms with Gasteiger partial charge in [0.2, 0.25) is 5.91 Å². The lowest BCUT2D eigenvalue weighted by Crippen LogP contribution is -2.36. The highest BCUT2D eigenvalue weighted by atomic mass is 16.6. The second-order valence-corrected chi connectivity index (χ2v) is 6.89. The van der Waals surface area contributed by atoms with Gasteiger partial charge in [0.1, 0.15) is 11.9 Å². The predicted octanol–water partition coefficient (Wildman–Crippen LogP) is 3.18. The lowest BCUT2D eigenvalue weighted by atomic mass is 9.80. The Kier molecular flexibility index (Phi) is 5.55. The number of aromatic amines is 1. The number of ether oxygens (including phenoxy) is 1. The molecule has 1 aromatic carbocycles. The van der Waals surface area contributed by atoms with Crippen LogP contribution in [-0.2, 0) is 16.1 Å². The van der Waals surface area contributed by atoms with Crippen molar-refractivity contribution >= 4 is 17.8 Å². The number of hydrogen-bond acceptors (Lipinski definition) is 4. The van der Waals surface area contributed by atoms with Gasteiger partial charge >= 0.3 is 6.09 Å². The average molecular weight is 356 g/mol. The zero-order chi connectivity index (χ0) is 18.5. The number of rotatable bonds is 6. The van der Waals surface area contributed by atoms with Crippen molar-refractivity contribution in [2.24, 2.45) is 5.92 Å². The SMILES string of the molecule is CC(C)C(=O)Nc1cc([C@H]2C[C@@H](OC(=O)NCc3ccccc3)C2)n[nH]1. The van der Waals surface area contributed by atoms with E-state index in [1.165, 1.54) is 0 Å². The lowest BCUT2D eigenvalue weighted by molar-refractivity contribution is -0.118. The van der Waals surface area contributed by atoms with Gasteiger partial charge in [-0.2, -0.15) is 5.10 Å². The number of anilines is 1. The molecular formula is C19H24N4O3. The van der Waals surface area contributed by atoms with Crippen molar-refractivity contribution in [3.8, 4) is 0 Å². The highest BCUT2D eigenvalue weighted by Crippen LogP contribution is 2.38. The van der Waals surface area contributed by atoms with Crippen LogP contribution in [0.1, 0.15) is 43.9 Å². The van der Waals surface area contributed by atoms with Crippen molar-refractivity contribution in [3.05, 3.63) is 47.7 Å². The molecule has 0 unspecified atom stereocenters. The van der Waals surface area contributed by atoms with E-state index in [2.05, 4.69) is 20.8 Å². The van der Waals surface area contributed by atoms with Crippen molar-refractivity contribution in [3.63, 3.8) is 0 Å². The Balaban J connectivity index is 1.39. The molecule has 0 radical (unpaired) electrons. The summed E-state index contributed by atoms with van der Waals surface area (Å²) in [5, 5.41) is 12.6. The summed E-state index contributed by atoms with van der Waals surface area (Å²) < 4.78 is 5.40. The second kappa shape index (κ2) is 8.03. The van der Waals surface area contributed by atoms with Crippen LogP contribution < -0.4 is 10.6 Å². The van der Waals surface area contributed by atoms with Gasteiger partial charge in [-0.25, -0.2) is 4.79 Å². The van der Waals surface area contributed by atoms with Gasteiger partial charge in [0.25, 0.3) is 0 Å². The number of nitrogens with zero attached hydrogens (tertiary/aromatic N) is 1. The maximum atomic E-state index is 11.8. The monoisotopic (exact) mass is 356 g/mol. The summed E-state index contributed by atoms with van der Waals surface area (Å²) in [6, 6.07) is 11.5. The quantitative estimate of drug-likeness (QED) is 0.741. The van der Waals surface area contributed by atoms with Gasteiger partial charge in [0.15, 0.2) is 0 Å². The minimum absolute atomic E-state index is 0.0508. The van der Waals surface area contributed by atoms with Crippen LogP contribution in [-0.4, -0.2) is 28.3 Å². The van der Waals surface area contributed by atoms with Crippen molar-refractivity contribution in [1.29, 1.82) is 0 Å². The van der Waals surface area contributed by atoms with Gasteiger partial charge in [-0.15, -0.1) is 0 Å². The minimum atomic E-state index is -0.399. The van der Waals surface area contributed by atoms with Crippen LogP contribution in [0.2, 0.25) is 0 Å². The number of H-pyrrole nitrogens is 1. The molecule has 1 heterocycles. The first-order chi connectivity index (χ1) is 12.5. The fourth-order valence-corrected chi connectivity index (χ4v) is 2.75. The van der Waals surface area contributed by atoms with E-state index in [4.69, 9.17) is 4.74 Å². The Bertz CT molecular complexity index is 751. The molecule has 7 nitrogen and oxygen atoms in total. The van der Waals surface area contributed by atoms with Crippen LogP contribution in [0.25, 0.3) is 0 Å². The van der Waals surface area contributed by atoms with Crippen LogP contribution >= 0.6 is 0 Å². The summed E-state index contributed by atoms with van der Waals surface area (Å²) in [7, 11) is 0. The molecule has 26 heavy (non-hydrogen) atoms. The van der Waals surface area contributed by atoms with E-state index in [1.54, 1.807) is 0 Å². The van der Waals surface area contributed by atoms with E-state index in [-0.39, 0.29) is 23.8 Å². The van der Waals surface area contributed by atoms with Crippen LogP contribution in [0.4, 0.5) is 10.6 Å². The van der Waals surface area contributed by atoms with Crippen LogP contribution in [0.15, 0.2) is 36.4 Å². The molecule has 7 heteroatoms. The molecule has 2 amide bonds. The van der Waals surface area contributed by atoms with Crippen LogP contribution in [0, 0.1) is 5.92 Å². The van der Waals surface area contributed by atoms with Gasteiger partial charge in [0.05, 0.1) is 5.69 Å². The molecule has 138 valence electrons. The number of nitrogens with one attached hydrogen (secondary N) is 3. The molecule has 0 saturated heterocycles. The van der Waals surface area contributed by atoms with E-state index < -0.39 is 6.09 Å². The molecule has 0 bridgehead atoms. The molecule has 3 N–H and O–H groups in total. The summed E-state index contributed by atoms with van der Waals surface area (Å²) in [6.07, 6.45) is 0.980.